The predicted octanol–water partition coefficient (Wildman–Crippen LogP) is 4.78. The van der Waals surface area contributed by atoms with Gasteiger partial charge < -0.3 is 19.8 Å². The average Bonchev–Trinajstić information content (AvgIpc) is 3.59. The van der Waals surface area contributed by atoms with Crippen molar-refractivity contribution in [2.24, 2.45) is 17.8 Å². The van der Waals surface area contributed by atoms with Crippen molar-refractivity contribution < 1.29 is 19.5 Å². The molecule has 7 atom stereocenters. The first-order chi connectivity index (χ1) is 19.2. The Kier molecular flexibility index (Phi) is 9.74. The number of fused-ring (bicyclic) bond motifs is 1. The molecule has 3 aliphatic heterocycles. The summed E-state index contributed by atoms with van der Waals surface area (Å²) >= 11 is 7.79. The van der Waals surface area contributed by atoms with Gasteiger partial charge in [0.15, 0.2) is 0 Å². The average molecular weight is 588 g/mol. The summed E-state index contributed by atoms with van der Waals surface area (Å²) in [5, 5.41) is 11.1. The van der Waals surface area contributed by atoms with Gasteiger partial charge in [-0.1, -0.05) is 50.9 Å². The maximum absolute atomic E-state index is 14.7. The van der Waals surface area contributed by atoms with E-state index in [0.717, 1.165) is 19.3 Å². The van der Waals surface area contributed by atoms with E-state index in [1.807, 2.05) is 20.8 Å². The maximum Gasteiger partial charge on any atom is 0.251 e. The second-order valence-corrected chi connectivity index (χ2v) is 13.3. The van der Waals surface area contributed by atoms with Crippen LogP contribution < -0.4 is 4.90 Å². The molecule has 0 radical (unpaired) electrons. The molecule has 1 aromatic rings. The Morgan fingerprint density at radius 1 is 1.20 bits per heavy atom. The molecule has 0 saturated carbocycles. The van der Waals surface area contributed by atoms with Gasteiger partial charge in [0, 0.05) is 35.6 Å². The first kappa shape index (κ1) is 30.7. The molecule has 3 amide bonds. The molecule has 0 aromatic heterocycles. The van der Waals surface area contributed by atoms with Gasteiger partial charge in [0.1, 0.15) is 6.04 Å². The number of amides is 3. The highest BCUT2D eigenvalue weighted by molar-refractivity contribution is 8.02. The molecule has 3 heterocycles. The number of aliphatic hydroxyl groups excluding tert-OH is 1. The normalized spacial score (nSPS) is 28.2. The van der Waals surface area contributed by atoms with Crippen LogP contribution in [0.5, 0.6) is 0 Å². The summed E-state index contributed by atoms with van der Waals surface area (Å²) in [5.74, 6) is -1.57. The summed E-state index contributed by atoms with van der Waals surface area (Å²) in [7, 11) is 0. The lowest BCUT2D eigenvalue weighted by atomic mass is 9.70. The van der Waals surface area contributed by atoms with E-state index in [-0.39, 0.29) is 42.0 Å². The summed E-state index contributed by atoms with van der Waals surface area (Å²) in [6.45, 7) is 14.8. The highest BCUT2D eigenvalue weighted by Gasteiger charge is 2.74. The van der Waals surface area contributed by atoms with Gasteiger partial charge in [-0.05, 0) is 49.4 Å². The fraction of sp³-hybridized carbons (Fsp3) is 0.581. The molecule has 1 aromatic carbocycles. The molecule has 4 rings (SSSR count). The van der Waals surface area contributed by atoms with Gasteiger partial charge in [-0.2, -0.15) is 0 Å². The van der Waals surface area contributed by atoms with Crippen molar-refractivity contribution in [3.63, 3.8) is 0 Å². The molecule has 218 valence electrons. The van der Waals surface area contributed by atoms with E-state index >= 15 is 0 Å². The van der Waals surface area contributed by atoms with Gasteiger partial charge in [-0.25, -0.2) is 0 Å². The third kappa shape index (κ3) is 5.12. The van der Waals surface area contributed by atoms with E-state index in [0.29, 0.717) is 30.2 Å². The maximum atomic E-state index is 14.7. The molecule has 9 heteroatoms. The van der Waals surface area contributed by atoms with Gasteiger partial charge in [0.2, 0.25) is 11.8 Å². The van der Waals surface area contributed by atoms with Crippen LogP contribution in [0.1, 0.15) is 46.5 Å². The molecule has 40 heavy (non-hydrogen) atoms. The summed E-state index contributed by atoms with van der Waals surface area (Å²) in [4.78, 5) is 48.4. The smallest absolute Gasteiger partial charge is 0.251 e. The number of hydrogen-bond donors (Lipinski definition) is 1. The number of anilines is 1. The minimum absolute atomic E-state index is 0.0253. The van der Waals surface area contributed by atoms with Crippen LogP contribution in [0.3, 0.4) is 0 Å². The van der Waals surface area contributed by atoms with Crippen LogP contribution >= 0.6 is 23.4 Å². The van der Waals surface area contributed by atoms with E-state index in [1.54, 1.807) is 62.9 Å². The third-order valence-electron chi connectivity index (χ3n) is 8.97. The van der Waals surface area contributed by atoms with Gasteiger partial charge in [-0.15, -0.1) is 24.9 Å². The Morgan fingerprint density at radius 3 is 2.45 bits per heavy atom. The topological polar surface area (TPSA) is 81.2 Å². The number of halogens is 1. The number of benzene rings is 1. The summed E-state index contributed by atoms with van der Waals surface area (Å²) in [6, 6.07) is 5.72. The Morgan fingerprint density at radius 2 is 1.88 bits per heavy atom. The zero-order valence-corrected chi connectivity index (χ0v) is 25.4. The lowest BCUT2D eigenvalue weighted by Crippen LogP contribution is -2.58. The summed E-state index contributed by atoms with van der Waals surface area (Å²) < 4.78 is -0.738. The molecule has 3 fully saturated rings. The van der Waals surface area contributed by atoms with E-state index < -0.39 is 28.7 Å². The zero-order valence-electron chi connectivity index (χ0n) is 23.8. The molecule has 3 aliphatic rings. The molecule has 1 N–H and O–H groups in total. The standard InChI is InChI=1S/C31H42ClN3O4S/c1-6-16-33(17-7-2)28(37)25-24-14-15-31(40-24)26(25)29(38)35(23(19-36)20(5)9-4)27(31)30(39)34(18-8-3)22-12-10-21(32)11-13-22/h6,8,10-13,20,23-27,36H,1,3,7,9,14-19H2,2,4-5H3/t20-,23-,24+,25-,26-,27?,31?/m0/s1. The van der Waals surface area contributed by atoms with Gasteiger partial charge in [-0.3, -0.25) is 14.4 Å². The third-order valence-corrected chi connectivity index (χ3v) is 11.2. The summed E-state index contributed by atoms with van der Waals surface area (Å²) in [5.41, 5.74) is 0.663. The minimum Gasteiger partial charge on any atom is -0.394 e. The highest BCUT2D eigenvalue weighted by Crippen LogP contribution is 2.67. The number of aliphatic hydroxyl groups is 1. The molecule has 1 spiro atoms. The number of rotatable bonds is 13. The number of carbonyl (C=O) groups excluding carboxylic acids is 3. The Hall–Kier alpha value is -2.29. The van der Waals surface area contributed by atoms with E-state index in [2.05, 4.69) is 13.2 Å². The van der Waals surface area contributed by atoms with Crippen LogP contribution in [0.15, 0.2) is 49.6 Å². The van der Waals surface area contributed by atoms with Crippen molar-refractivity contribution in [2.75, 3.05) is 31.1 Å². The van der Waals surface area contributed by atoms with E-state index in [9.17, 15) is 19.5 Å². The molecule has 7 nitrogen and oxygen atoms in total. The lowest BCUT2D eigenvalue weighted by Gasteiger charge is -2.41. The van der Waals surface area contributed by atoms with Crippen LogP contribution in [0.4, 0.5) is 5.69 Å². The first-order valence-electron chi connectivity index (χ1n) is 14.4. The summed E-state index contributed by atoms with van der Waals surface area (Å²) in [6.07, 6.45) is 6.38. The fourth-order valence-electron chi connectivity index (χ4n) is 6.97. The van der Waals surface area contributed by atoms with Crippen molar-refractivity contribution in [2.45, 2.75) is 68.5 Å². The predicted molar refractivity (Wildman–Crippen MR) is 162 cm³/mol. The van der Waals surface area contributed by atoms with Crippen LogP contribution in [0.25, 0.3) is 0 Å². The van der Waals surface area contributed by atoms with E-state index in [4.69, 9.17) is 11.6 Å². The van der Waals surface area contributed by atoms with Crippen molar-refractivity contribution in [1.29, 1.82) is 0 Å². The molecule has 2 bridgehead atoms. The number of thioether (sulfide) groups is 1. The zero-order chi connectivity index (χ0) is 29.2. The van der Waals surface area contributed by atoms with E-state index in [1.165, 1.54) is 0 Å². The second-order valence-electron chi connectivity index (χ2n) is 11.2. The van der Waals surface area contributed by atoms with Gasteiger partial charge in [0.25, 0.3) is 5.91 Å². The Bertz CT molecular complexity index is 1130. The number of likely N-dealkylation sites (tertiary alicyclic amines) is 1. The van der Waals surface area contributed by atoms with Gasteiger partial charge >= 0.3 is 0 Å². The van der Waals surface area contributed by atoms with Crippen LogP contribution in [0.2, 0.25) is 5.02 Å². The van der Waals surface area contributed by atoms with Crippen molar-refractivity contribution in [3.05, 3.63) is 54.6 Å². The quantitative estimate of drug-likeness (QED) is 0.336. The molecule has 2 unspecified atom stereocenters. The van der Waals surface area contributed by atoms with Crippen LogP contribution in [0, 0.1) is 17.8 Å². The highest BCUT2D eigenvalue weighted by atomic mass is 35.5. The molecular weight excluding hydrogens is 546 g/mol. The molecular formula is C31H42ClN3O4S. The lowest BCUT2D eigenvalue weighted by molar-refractivity contribution is -0.146. The minimum atomic E-state index is -0.807. The fourth-order valence-corrected chi connectivity index (χ4v) is 9.29. The van der Waals surface area contributed by atoms with Crippen molar-refractivity contribution >= 4 is 46.8 Å². The first-order valence-corrected chi connectivity index (χ1v) is 15.6. The Balaban J connectivity index is 1.83. The van der Waals surface area contributed by atoms with Crippen LogP contribution in [-0.2, 0) is 14.4 Å². The molecule has 3 saturated heterocycles. The number of nitrogens with zero attached hydrogens (tertiary/aromatic N) is 3. The second kappa shape index (κ2) is 12.7. The number of hydrogen-bond acceptors (Lipinski definition) is 5. The monoisotopic (exact) mass is 587 g/mol. The Labute approximate surface area is 247 Å². The van der Waals surface area contributed by atoms with Crippen molar-refractivity contribution in [3.8, 4) is 0 Å². The number of carbonyl (C=O) groups is 3. The van der Waals surface area contributed by atoms with Crippen molar-refractivity contribution in [1.82, 2.24) is 9.80 Å². The van der Waals surface area contributed by atoms with Gasteiger partial charge in [0.05, 0.1) is 29.2 Å². The van der Waals surface area contributed by atoms with Crippen LogP contribution in [-0.4, -0.2) is 80.9 Å². The SMILES string of the molecule is C=CCN(CCC)C(=O)[C@@H]1[C@H]2C(=O)N([C@@H](CO)[C@@H](C)CC)C(C(=O)N(CC=C)c3ccc(Cl)cc3)C23CC[C@H]1S3. The largest absolute Gasteiger partial charge is 0.394 e. The molecule has 0 aliphatic carbocycles.